The Kier molecular flexibility index (Phi) is 8.16. The van der Waals surface area contributed by atoms with Crippen molar-refractivity contribution in [3.63, 3.8) is 0 Å². The molecule has 3 aliphatic carbocycles. The summed E-state index contributed by atoms with van der Waals surface area (Å²) in [6.07, 6.45) is 13.9. The predicted molar refractivity (Wildman–Crippen MR) is 143 cm³/mol. The Morgan fingerprint density at radius 3 is 2.16 bits per heavy atom. The van der Waals surface area contributed by atoms with E-state index in [2.05, 4.69) is 5.32 Å². The Morgan fingerprint density at radius 2 is 1.57 bits per heavy atom. The van der Waals surface area contributed by atoms with Crippen LogP contribution in [0.25, 0.3) is 11.3 Å². The van der Waals surface area contributed by atoms with E-state index in [1.807, 2.05) is 28.9 Å². The van der Waals surface area contributed by atoms with Gasteiger partial charge in [0.05, 0.1) is 37.6 Å². The van der Waals surface area contributed by atoms with Crippen LogP contribution in [0.15, 0.2) is 24.3 Å². The minimum atomic E-state index is -0.433. The first-order valence-electron chi connectivity index (χ1n) is 14.2. The normalized spacial score (nSPS) is 19.5. The molecule has 1 aromatic heterocycles. The van der Waals surface area contributed by atoms with E-state index in [1.165, 1.54) is 19.3 Å². The summed E-state index contributed by atoms with van der Waals surface area (Å²) in [5.74, 6) is 2.28. The zero-order chi connectivity index (χ0) is 25.8. The fraction of sp³-hybridized carbons (Fsp3) is 0.633. The molecule has 2 aromatic rings. The number of methoxy groups -OCH3 is 2. The third-order valence-corrected chi connectivity index (χ3v) is 8.78. The van der Waals surface area contributed by atoms with Crippen molar-refractivity contribution in [2.75, 3.05) is 14.2 Å². The lowest BCUT2D eigenvalue weighted by atomic mass is 9.80. The fourth-order valence-electron chi connectivity index (χ4n) is 6.43. The van der Waals surface area contributed by atoms with E-state index in [9.17, 15) is 9.59 Å². The SMILES string of the molecule is COc1cccc(OC)c1-c1cc(C(=O)N[C@@H](CC2CCCC2)C(=O)CC2CCC2)nn1C1CCCC1. The van der Waals surface area contributed by atoms with E-state index >= 15 is 0 Å². The number of carbonyl (C=O) groups excluding carboxylic acids is 2. The van der Waals surface area contributed by atoms with Crippen LogP contribution in [0.1, 0.15) is 100 Å². The van der Waals surface area contributed by atoms with E-state index in [4.69, 9.17) is 14.6 Å². The molecule has 7 heteroatoms. The number of benzene rings is 1. The van der Waals surface area contributed by atoms with Crippen LogP contribution in [0, 0.1) is 11.8 Å². The van der Waals surface area contributed by atoms with Gasteiger partial charge in [-0.05, 0) is 49.3 Å². The van der Waals surface area contributed by atoms with Crippen molar-refractivity contribution in [3.05, 3.63) is 30.0 Å². The molecule has 1 heterocycles. The van der Waals surface area contributed by atoms with Crippen molar-refractivity contribution in [1.82, 2.24) is 15.1 Å². The molecule has 0 spiro atoms. The van der Waals surface area contributed by atoms with E-state index in [0.717, 1.165) is 69.0 Å². The lowest BCUT2D eigenvalue weighted by molar-refractivity contribution is -0.122. The van der Waals surface area contributed by atoms with Crippen molar-refractivity contribution in [1.29, 1.82) is 0 Å². The molecular formula is C30H41N3O4. The van der Waals surface area contributed by atoms with E-state index in [0.29, 0.717) is 35.4 Å². The van der Waals surface area contributed by atoms with Gasteiger partial charge in [-0.15, -0.1) is 0 Å². The molecule has 1 aromatic carbocycles. The summed E-state index contributed by atoms with van der Waals surface area (Å²) < 4.78 is 13.4. The Hall–Kier alpha value is -2.83. The minimum Gasteiger partial charge on any atom is -0.496 e. The van der Waals surface area contributed by atoms with Gasteiger partial charge in [-0.25, -0.2) is 0 Å². The van der Waals surface area contributed by atoms with Crippen molar-refractivity contribution in [3.8, 4) is 22.8 Å². The van der Waals surface area contributed by atoms with Crippen LogP contribution in [0.4, 0.5) is 0 Å². The summed E-state index contributed by atoms with van der Waals surface area (Å²) in [6.45, 7) is 0. The molecule has 1 atom stereocenters. The van der Waals surface area contributed by atoms with Gasteiger partial charge in [0, 0.05) is 6.42 Å². The zero-order valence-corrected chi connectivity index (χ0v) is 22.3. The third-order valence-electron chi connectivity index (χ3n) is 8.78. The molecule has 1 amide bonds. The first-order chi connectivity index (χ1) is 18.1. The van der Waals surface area contributed by atoms with Crippen LogP contribution in [0.5, 0.6) is 11.5 Å². The van der Waals surface area contributed by atoms with Gasteiger partial charge in [0.25, 0.3) is 5.91 Å². The number of rotatable bonds is 11. The van der Waals surface area contributed by atoms with E-state index < -0.39 is 6.04 Å². The second-order valence-corrected chi connectivity index (χ2v) is 11.2. The quantitative estimate of drug-likeness (QED) is 0.396. The van der Waals surface area contributed by atoms with Crippen LogP contribution >= 0.6 is 0 Å². The number of nitrogens with zero attached hydrogens (tertiary/aromatic N) is 2. The van der Waals surface area contributed by atoms with Gasteiger partial charge >= 0.3 is 0 Å². The number of carbonyl (C=O) groups is 2. The van der Waals surface area contributed by atoms with Crippen molar-refractivity contribution in [2.24, 2.45) is 11.8 Å². The van der Waals surface area contributed by atoms with Gasteiger partial charge < -0.3 is 14.8 Å². The molecular weight excluding hydrogens is 466 g/mol. The zero-order valence-electron chi connectivity index (χ0n) is 22.3. The minimum absolute atomic E-state index is 0.187. The second-order valence-electron chi connectivity index (χ2n) is 11.2. The molecule has 0 unspecified atom stereocenters. The molecule has 200 valence electrons. The van der Waals surface area contributed by atoms with Gasteiger partial charge in [-0.1, -0.05) is 63.9 Å². The second kappa shape index (κ2) is 11.7. The Balaban J connectivity index is 1.44. The molecule has 0 radical (unpaired) electrons. The maximum Gasteiger partial charge on any atom is 0.272 e. The highest BCUT2D eigenvalue weighted by atomic mass is 16.5. The number of ketones is 1. The summed E-state index contributed by atoms with van der Waals surface area (Å²) in [5.41, 5.74) is 1.97. The monoisotopic (exact) mass is 507 g/mol. The van der Waals surface area contributed by atoms with Gasteiger partial charge in [0.15, 0.2) is 11.5 Å². The van der Waals surface area contributed by atoms with Gasteiger partial charge in [-0.2, -0.15) is 5.10 Å². The molecule has 3 aliphatic rings. The van der Waals surface area contributed by atoms with Crippen LogP contribution < -0.4 is 14.8 Å². The molecule has 7 nitrogen and oxygen atoms in total. The van der Waals surface area contributed by atoms with Crippen LogP contribution in [0.3, 0.4) is 0 Å². The molecule has 3 fully saturated rings. The first kappa shape index (κ1) is 25.8. The summed E-state index contributed by atoms with van der Waals surface area (Å²) in [7, 11) is 3.28. The first-order valence-corrected chi connectivity index (χ1v) is 14.2. The van der Waals surface area contributed by atoms with Crippen LogP contribution in [-0.4, -0.2) is 41.7 Å². The molecule has 0 bridgehead atoms. The fourth-order valence-corrected chi connectivity index (χ4v) is 6.43. The predicted octanol–water partition coefficient (Wildman–Crippen LogP) is 6.12. The average molecular weight is 508 g/mol. The maximum atomic E-state index is 13.6. The Morgan fingerprint density at radius 1 is 0.946 bits per heavy atom. The van der Waals surface area contributed by atoms with Crippen molar-refractivity contribution in [2.45, 2.75) is 95.6 Å². The van der Waals surface area contributed by atoms with Crippen LogP contribution in [0.2, 0.25) is 0 Å². The molecule has 37 heavy (non-hydrogen) atoms. The number of hydrogen-bond acceptors (Lipinski definition) is 5. The van der Waals surface area contributed by atoms with E-state index in [-0.39, 0.29) is 17.7 Å². The molecule has 1 N–H and O–H groups in total. The standard InChI is InChI=1S/C30H41N3O4/c1-36-27-15-8-16-28(37-2)29(27)25-19-24(32-33(25)22-13-5-6-14-22)30(35)31-23(17-20-9-3-4-10-20)26(34)18-21-11-7-12-21/h8,15-16,19-23H,3-7,9-14,17-18H2,1-2H3,(H,31,35)/t23-/m0/s1. The Bertz CT molecular complexity index is 1070. The van der Waals surface area contributed by atoms with Gasteiger partial charge in [0.2, 0.25) is 0 Å². The summed E-state index contributed by atoms with van der Waals surface area (Å²) in [5, 5.41) is 7.96. The number of hydrogen-bond donors (Lipinski definition) is 1. The summed E-state index contributed by atoms with van der Waals surface area (Å²) in [4.78, 5) is 26.9. The number of aromatic nitrogens is 2. The lowest BCUT2D eigenvalue weighted by Crippen LogP contribution is -2.43. The average Bonchev–Trinajstić information content (AvgIpc) is 3.66. The smallest absolute Gasteiger partial charge is 0.272 e. The molecule has 3 saturated carbocycles. The van der Waals surface area contributed by atoms with Gasteiger partial charge in [-0.3, -0.25) is 14.3 Å². The van der Waals surface area contributed by atoms with Crippen molar-refractivity contribution >= 4 is 11.7 Å². The third kappa shape index (κ3) is 5.70. The molecule has 0 aliphatic heterocycles. The lowest BCUT2D eigenvalue weighted by Gasteiger charge is -2.27. The molecule has 5 rings (SSSR count). The summed E-state index contributed by atoms with van der Waals surface area (Å²) in [6, 6.07) is 7.34. The Labute approximate surface area is 220 Å². The summed E-state index contributed by atoms with van der Waals surface area (Å²) >= 11 is 0. The van der Waals surface area contributed by atoms with Crippen molar-refractivity contribution < 1.29 is 19.1 Å². The number of amides is 1. The highest BCUT2D eigenvalue weighted by Crippen LogP contribution is 2.42. The van der Waals surface area contributed by atoms with Crippen LogP contribution in [-0.2, 0) is 4.79 Å². The largest absolute Gasteiger partial charge is 0.496 e. The van der Waals surface area contributed by atoms with E-state index in [1.54, 1.807) is 14.2 Å². The highest BCUT2D eigenvalue weighted by Gasteiger charge is 2.32. The topological polar surface area (TPSA) is 82.4 Å². The number of Topliss-reactive ketones (excluding diaryl/α,β-unsaturated/α-hetero) is 1. The maximum absolute atomic E-state index is 13.6. The number of ether oxygens (including phenoxy) is 2. The highest BCUT2D eigenvalue weighted by molar-refractivity contribution is 5.97. The van der Waals surface area contributed by atoms with Gasteiger partial charge in [0.1, 0.15) is 11.5 Å². The number of nitrogens with one attached hydrogen (secondary N) is 1. The molecule has 0 saturated heterocycles.